The monoisotopic (exact) mass is 279 g/mol. The standard InChI is InChI=1S/C14H18ClN3O/c1-4-18-8-7-17-14(18)13(16-2)11-9-10(15)5-6-12(11)19-3/h5-9,13,16H,4H2,1-3H3. The number of ether oxygens (including phenoxy) is 1. The highest BCUT2D eigenvalue weighted by Gasteiger charge is 2.21. The molecule has 5 heteroatoms. The van der Waals surface area contributed by atoms with Gasteiger partial charge in [-0.1, -0.05) is 11.6 Å². The van der Waals surface area contributed by atoms with Crippen molar-refractivity contribution in [2.24, 2.45) is 0 Å². The van der Waals surface area contributed by atoms with Crippen molar-refractivity contribution in [2.45, 2.75) is 19.5 Å². The molecule has 1 atom stereocenters. The lowest BCUT2D eigenvalue weighted by atomic mass is 10.0. The Morgan fingerprint density at radius 3 is 2.89 bits per heavy atom. The van der Waals surface area contributed by atoms with Crippen LogP contribution in [-0.2, 0) is 6.54 Å². The number of hydrogen-bond acceptors (Lipinski definition) is 3. The van der Waals surface area contributed by atoms with Crippen molar-refractivity contribution in [3.05, 3.63) is 47.0 Å². The summed E-state index contributed by atoms with van der Waals surface area (Å²) in [4.78, 5) is 4.44. The van der Waals surface area contributed by atoms with E-state index in [-0.39, 0.29) is 6.04 Å². The largest absolute Gasteiger partial charge is 0.496 e. The lowest BCUT2D eigenvalue weighted by Crippen LogP contribution is -2.22. The van der Waals surface area contributed by atoms with Gasteiger partial charge in [0.05, 0.1) is 13.2 Å². The van der Waals surface area contributed by atoms with E-state index < -0.39 is 0 Å². The summed E-state index contributed by atoms with van der Waals surface area (Å²) < 4.78 is 7.52. The first kappa shape index (κ1) is 13.9. The van der Waals surface area contributed by atoms with E-state index in [1.54, 1.807) is 13.3 Å². The Kier molecular flexibility index (Phi) is 4.45. The highest BCUT2D eigenvalue weighted by atomic mass is 35.5. The summed E-state index contributed by atoms with van der Waals surface area (Å²) in [6, 6.07) is 5.56. The molecule has 1 heterocycles. The van der Waals surface area contributed by atoms with Gasteiger partial charge in [0.25, 0.3) is 0 Å². The highest BCUT2D eigenvalue weighted by molar-refractivity contribution is 6.30. The molecule has 1 aromatic carbocycles. The van der Waals surface area contributed by atoms with E-state index in [9.17, 15) is 0 Å². The van der Waals surface area contributed by atoms with E-state index in [0.29, 0.717) is 5.02 Å². The molecule has 0 radical (unpaired) electrons. The molecule has 2 aromatic rings. The van der Waals surface area contributed by atoms with Gasteiger partial charge < -0.3 is 14.6 Å². The predicted octanol–water partition coefficient (Wildman–Crippen LogP) is 2.87. The molecule has 1 unspecified atom stereocenters. The lowest BCUT2D eigenvalue weighted by molar-refractivity contribution is 0.403. The maximum absolute atomic E-state index is 6.10. The van der Waals surface area contributed by atoms with Crippen LogP contribution < -0.4 is 10.1 Å². The zero-order valence-electron chi connectivity index (χ0n) is 11.4. The molecule has 0 saturated heterocycles. The van der Waals surface area contributed by atoms with Crippen molar-refractivity contribution in [3.8, 4) is 5.75 Å². The summed E-state index contributed by atoms with van der Waals surface area (Å²) >= 11 is 6.10. The Balaban J connectivity index is 2.50. The van der Waals surface area contributed by atoms with Crippen LogP contribution in [0.3, 0.4) is 0 Å². The average Bonchev–Trinajstić information content (AvgIpc) is 2.88. The summed E-state index contributed by atoms with van der Waals surface area (Å²) in [5.41, 5.74) is 0.985. The zero-order valence-corrected chi connectivity index (χ0v) is 12.1. The fraction of sp³-hybridized carbons (Fsp3) is 0.357. The van der Waals surface area contributed by atoms with E-state index in [1.165, 1.54) is 0 Å². The number of aromatic nitrogens is 2. The molecule has 0 fully saturated rings. The molecule has 19 heavy (non-hydrogen) atoms. The van der Waals surface area contributed by atoms with Crippen LogP contribution in [0.1, 0.15) is 24.4 Å². The van der Waals surface area contributed by atoms with Crippen LogP contribution in [-0.4, -0.2) is 23.7 Å². The van der Waals surface area contributed by atoms with E-state index in [1.807, 2.05) is 31.4 Å². The Morgan fingerprint density at radius 2 is 2.26 bits per heavy atom. The van der Waals surface area contributed by atoms with Crippen LogP contribution >= 0.6 is 11.6 Å². The number of nitrogens with zero attached hydrogens (tertiary/aromatic N) is 2. The minimum Gasteiger partial charge on any atom is -0.496 e. The SMILES string of the molecule is CCn1ccnc1C(NC)c1cc(Cl)ccc1OC. The summed E-state index contributed by atoms with van der Waals surface area (Å²) in [7, 11) is 3.56. The van der Waals surface area contributed by atoms with Gasteiger partial charge in [-0.2, -0.15) is 0 Å². The molecule has 0 bridgehead atoms. The average molecular weight is 280 g/mol. The van der Waals surface area contributed by atoms with Crippen molar-refractivity contribution in [1.82, 2.24) is 14.9 Å². The molecule has 1 aromatic heterocycles. The fourth-order valence-electron chi connectivity index (χ4n) is 2.20. The van der Waals surface area contributed by atoms with Crippen LogP contribution in [0.4, 0.5) is 0 Å². The van der Waals surface area contributed by atoms with Gasteiger partial charge in [-0.15, -0.1) is 0 Å². The molecule has 0 saturated carbocycles. The molecule has 0 aliphatic rings. The number of imidazole rings is 1. The first-order valence-corrected chi connectivity index (χ1v) is 6.60. The molecule has 2 rings (SSSR count). The van der Waals surface area contributed by atoms with Crippen LogP contribution in [0.5, 0.6) is 5.75 Å². The maximum Gasteiger partial charge on any atom is 0.130 e. The Hall–Kier alpha value is -1.52. The van der Waals surface area contributed by atoms with E-state index in [2.05, 4.69) is 21.8 Å². The van der Waals surface area contributed by atoms with Gasteiger partial charge >= 0.3 is 0 Å². The van der Waals surface area contributed by atoms with Crippen LogP contribution in [0.15, 0.2) is 30.6 Å². The minimum atomic E-state index is -0.0522. The quantitative estimate of drug-likeness (QED) is 0.915. The zero-order chi connectivity index (χ0) is 13.8. The van der Waals surface area contributed by atoms with Crippen molar-refractivity contribution in [1.29, 1.82) is 0 Å². The fourth-order valence-corrected chi connectivity index (χ4v) is 2.38. The third kappa shape index (κ3) is 2.74. The number of nitrogens with one attached hydrogen (secondary N) is 1. The first-order valence-electron chi connectivity index (χ1n) is 6.23. The van der Waals surface area contributed by atoms with Gasteiger partial charge in [0.15, 0.2) is 0 Å². The highest BCUT2D eigenvalue weighted by Crippen LogP contribution is 2.31. The summed E-state index contributed by atoms with van der Waals surface area (Å²) in [6.45, 7) is 2.96. The number of rotatable bonds is 5. The second-order valence-electron chi connectivity index (χ2n) is 4.18. The van der Waals surface area contributed by atoms with Gasteiger partial charge in [-0.25, -0.2) is 4.98 Å². The van der Waals surface area contributed by atoms with E-state index in [0.717, 1.165) is 23.7 Å². The Bertz CT molecular complexity index is 553. The molecule has 4 nitrogen and oxygen atoms in total. The molecular formula is C14H18ClN3O. The number of aryl methyl sites for hydroxylation is 1. The number of benzene rings is 1. The van der Waals surface area contributed by atoms with Crippen molar-refractivity contribution >= 4 is 11.6 Å². The third-order valence-electron chi connectivity index (χ3n) is 3.14. The van der Waals surface area contributed by atoms with Gasteiger partial charge in [0.2, 0.25) is 0 Å². The second-order valence-corrected chi connectivity index (χ2v) is 4.62. The molecule has 0 aliphatic heterocycles. The number of methoxy groups -OCH3 is 1. The van der Waals surface area contributed by atoms with Crippen molar-refractivity contribution < 1.29 is 4.74 Å². The maximum atomic E-state index is 6.10. The normalized spacial score (nSPS) is 12.4. The molecule has 1 N–H and O–H groups in total. The summed E-state index contributed by atoms with van der Waals surface area (Å²) in [5, 5.41) is 3.96. The molecule has 0 spiro atoms. The topological polar surface area (TPSA) is 39.1 Å². The second kappa shape index (κ2) is 6.08. The minimum absolute atomic E-state index is 0.0522. The van der Waals surface area contributed by atoms with Gasteiger partial charge in [0, 0.05) is 29.5 Å². The first-order chi connectivity index (χ1) is 9.21. The molecule has 0 amide bonds. The van der Waals surface area contributed by atoms with Crippen LogP contribution in [0.25, 0.3) is 0 Å². The van der Waals surface area contributed by atoms with Crippen molar-refractivity contribution in [3.63, 3.8) is 0 Å². The lowest BCUT2D eigenvalue weighted by Gasteiger charge is -2.20. The smallest absolute Gasteiger partial charge is 0.130 e. The van der Waals surface area contributed by atoms with Gasteiger partial charge in [-0.3, -0.25) is 0 Å². The Labute approximate surface area is 118 Å². The summed E-state index contributed by atoms with van der Waals surface area (Å²) in [5.74, 6) is 1.75. The van der Waals surface area contributed by atoms with E-state index >= 15 is 0 Å². The molecule has 102 valence electrons. The van der Waals surface area contributed by atoms with Gasteiger partial charge in [0.1, 0.15) is 11.6 Å². The molecule has 0 aliphatic carbocycles. The predicted molar refractivity (Wildman–Crippen MR) is 76.8 cm³/mol. The van der Waals surface area contributed by atoms with Crippen LogP contribution in [0, 0.1) is 0 Å². The Morgan fingerprint density at radius 1 is 1.47 bits per heavy atom. The van der Waals surface area contributed by atoms with Crippen LogP contribution in [0.2, 0.25) is 5.02 Å². The van der Waals surface area contributed by atoms with Crippen molar-refractivity contribution in [2.75, 3.05) is 14.2 Å². The number of hydrogen-bond donors (Lipinski definition) is 1. The van der Waals surface area contributed by atoms with Gasteiger partial charge in [-0.05, 0) is 32.2 Å². The number of halogens is 1. The molecular weight excluding hydrogens is 262 g/mol. The van der Waals surface area contributed by atoms with E-state index in [4.69, 9.17) is 16.3 Å². The third-order valence-corrected chi connectivity index (χ3v) is 3.37. The summed E-state index contributed by atoms with van der Waals surface area (Å²) in [6.07, 6.45) is 3.77.